The van der Waals surface area contributed by atoms with Crippen molar-refractivity contribution in [3.63, 3.8) is 0 Å². The molecule has 0 bridgehead atoms. The van der Waals surface area contributed by atoms with Crippen LogP contribution >= 0.6 is 0 Å². The van der Waals surface area contributed by atoms with Crippen molar-refractivity contribution < 1.29 is 35.1 Å². The molecule has 0 aromatic carbocycles. The lowest BCUT2D eigenvalue weighted by atomic mass is 10.0. The molecule has 0 saturated heterocycles. The quantitative estimate of drug-likeness (QED) is 0.463. The number of hydrogen-bond donors (Lipinski definition) is 2. The number of esters is 1. The normalized spacial score (nSPS) is 16.8. The molecule has 8 heteroatoms. The summed E-state index contributed by atoms with van der Waals surface area (Å²) in [6.07, 6.45) is 1.30. The van der Waals surface area contributed by atoms with E-state index in [1.807, 2.05) is 6.92 Å². The fraction of sp³-hybridized carbons (Fsp3) is 0.833. The highest BCUT2D eigenvalue weighted by Gasteiger charge is 2.34. The third-order valence-corrected chi connectivity index (χ3v) is 3.81. The van der Waals surface area contributed by atoms with Gasteiger partial charge in [-0.2, -0.15) is 8.42 Å². The van der Waals surface area contributed by atoms with Gasteiger partial charge in [-0.1, -0.05) is 33.1 Å². The van der Waals surface area contributed by atoms with Crippen LogP contribution < -0.4 is 0 Å². The molecule has 0 aliphatic heterocycles. The van der Waals surface area contributed by atoms with Gasteiger partial charge >= 0.3 is 11.9 Å². The number of carboxylic acids is 1. The van der Waals surface area contributed by atoms with Crippen LogP contribution in [0.5, 0.6) is 0 Å². The van der Waals surface area contributed by atoms with Crippen LogP contribution in [0.2, 0.25) is 0 Å². The highest BCUT2D eigenvalue weighted by molar-refractivity contribution is 7.87. The Morgan fingerprint density at radius 3 is 2.35 bits per heavy atom. The van der Waals surface area contributed by atoms with Crippen LogP contribution in [-0.4, -0.2) is 41.8 Å². The maximum atomic E-state index is 11.6. The molecule has 0 spiro atoms. The summed E-state index contributed by atoms with van der Waals surface area (Å²) in [4.78, 5) is 22.4. The molecule has 0 aromatic rings. The molecule has 0 heterocycles. The summed E-state index contributed by atoms with van der Waals surface area (Å²) in [7, 11) is -4.98. The fourth-order valence-electron chi connectivity index (χ4n) is 1.46. The molecule has 20 heavy (non-hydrogen) atoms. The van der Waals surface area contributed by atoms with Crippen LogP contribution in [0.25, 0.3) is 0 Å². The Bertz CT molecular complexity index is 490. The third-order valence-electron chi connectivity index (χ3n) is 2.73. The van der Waals surface area contributed by atoms with E-state index in [-0.39, 0.29) is 0 Å². The number of carbonyl (C=O) groups is 2. The van der Waals surface area contributed by atoms with Gasteiger partial charge in [-0.25, -0.2) is 0 Å². The van der Waals surface area contributed by atoms with Crippen molar-refractivity contribution in [2.45, 2.75) is 51.2 Å². The van der Waals surface area contributed by atoms with Gasteiger partial charge in [-0.15, -0.1) is 0 Å². The average molecular weight is 312 g/mol. The number of unbranched alkanes of at least 4 members (excludes halogenated alkanes) is 1. The Kier molecular flexibility index (Phi) is 6.79. The molecule has 2 atom stereocenters. The molecule has 118 valence electrons. The Labute approximate surface area is 121 Å². The minimum Gasteiger partial charge on any atom is -0.480 e. The minimum absolute atomic E-state index is 0.404. The fourth-order valence-corrected chi connectivity index (χ4v) is 2.06. The first-order valence-corrected chi connectivity index (χ1v) is 7.86. The lowest BCUT2D eigenvalue weighted by Crippen LogP contribution is -2.33. The van der Waals surface area contributed by atoms with Crippen molar-refractivity contribution >= 4 is 22.1 Å². The molecule has 7 nitrogen and oxygen atoms in total. The summed E-state index contributed by atoms with van der Waals surface area (Å²) in [5.74, 6) is -3.81. The number of aliphatic carboxylic acids is 1. The van der Waals surface area contributed by atoms with Crippen LogP contribution in [0, 0.1) is 5.92 Å². The third kappa shape index (κ3) is 7.44. The Morgan fingerprint density at radius 1 is 1.35 bits per heavy atom. The second kappa shape index (κ2) is 8.91. The van der Waals surface area contributed by atoms with Gasteiger partial charge in [0.2, 0.25) is 0 Å². The van der Waals surface area contributed by atoms with E-state index in [1.165, 1.54) is 0 Å². The van der Waals surface area contributed by atoms with Gasteiger partial charge in [-0.3, -0.25) is 14.1 Å². The summed E-state index contributed by atoms with van der Waals surface area (Å²) in [5.41, 5.74) is 0. The average Bonchev–Trinajstić information content (AvgIpc) is 2.34. The van der Waals surface area contributed by atoms with Crippen LogP contribution in [0.15, 0.2) is 0 Å². The van der Waals surface area contributed by atoms with Crippen molar-refractivity contribution in [3.05, 3.63) is 0 Å². The second-order valence-electron chi connectivity index (χ2n) is 4.39. The number of rotatable bonds is 10. The highest BCUT2D eigenvalue weighted by atomic mass is 32.2. The molecule has 2 unspecified atom stereocenters. The summed E-state index contributed by atoms with van der Waals surface area (Å²) in [6, 6.07) is 0. The molecule has 0 fully saturated rings. The van der Waals surface area contributed by atoms with Gasteiger partial charge < -0.3 is 9.84 Å². The van der Waals surface area contributed by atoms with E-state index in [9.17, 15) is 18.0 Å². The van der Waals surface area contributed by atoms with E-state index in [0.29, 0.717) is 12.8 Å². The molecule has 0 amide bonds. The first kappa shape index (κ1) is 15.2. The highest BCUT2D eigenvalue weighted by Crippen LogP contribution is 2.14. The largest absolute Gasteiger partial charge is 0.480 e. The van der Waals surface area contributed by atoms with Crippen molar-refractivity contribution in [2.24, 2.45) is 5.92 Å². The van der Waals surface area contributed by atoms with E-state index in [4.69, 9.17) is 12.4 Å². The van der Waals surface area contributed by atoms with E-state index >= 15 is 0 Å². The van der Waals surface area contributed by atoms with Crippen molar-refractivity contribution in [2.75, 3.05) is 6.56 Å². The van der Waals surface area contributed by atoms with Gasteiger partial charge in [0.05, 0.1) is 15.7 Å². The van der Waals surface area contributed by atoms with Crippen LogP contribution in [-0.2, 0) is 24.4 Å². The van der Waals surface area contributed by atoms with Gasteiger partial charge in [0.1, 0.15) is 0 Å². The molecule has 0 aromatic heterocycles. The zero-order valence-electron chi connectivity index (χ0n) is 13.5. The van der Waals surface area contributed by atoms with Crippen molar-refractivity contribution in [1.29, 1.82) is 0 Å². The zero-order chi connectivity index (χ0) is 17.6. The summed E-state index contributed by atoms with van der Waals surface area (Å²) in [5, 5.41) is 6.32. The number of carbonyl (C=O) groups excluding carboxylic acids is 1. The summed E-state index contributed by atoms with van der Waals surface area (Å²) >= 11 is 0. The maximum absolute atomic E-state index is 11.6. The molecule has 0 aliphatic rings. The molecule has 0 aliphatic carbocycles. The standard InChI is InChI=1S/C12H22O7S/c1-3-5-6-9(4-2)8-19-11(13)7-10(12(14)15)20(16,17)18/h9-10H,3-8H2,1-2H3,(H,14,15)(H,16,17,18)/i8D2. The topological polar surface area (TPSA) is 118 Å². The molecule has 0 rings (SSSR count). The Balaban J connectivity index is 4.90. The molecular weight excluding hydrogens is 288 g/mol. The Morgan fingerprint density at radius 2 is 1.95 bits per heavy atom. The predicted molar refractivity (Wildman–Crippen MR) is 71.9 cm³/mol. The van der Waals surface area contributed by atoms with Crippen LogP contribution in [0.1, 0.15) is 48.7 Å². The van der Waals surface area contributed by atoms with Gasteiger partial charge in [0.15, 0.2) is 5.25 Å². The molecular formula is C12H22O7S. The predicted octanol–water partition coefficient (Wildman–Crippen LogP) is 1.48. The van der Waals surface area contributed by atoms with Crippen LogP contribution in [0.4, 0.5) is 0 Å². The molecule has 0 radical (unpaired) electrons. The maximum Gasteiger partial charge on any atom is 0.325 e. The van der Waals surface area contributed by atoms with Gasteiger partial charge in [-0.05, 0) is 12.3 Å². The second-order valence-corrected chi connectivity index (χ2v) is 5.98. The molecule has 0 saturated carbocycles. The first-order chi connectivity index (χ1) is 9.95. The SMILES string of the molecule is [2H]C([2H])(OC(=O)CC(C(=O)O)S(=O)(=O)O)C(CC)CCCC. The smallest absolute Gasteiger partial charge is 0.325 e. The number of ether oxygens (including phenoxy) is 1. The minimum atomic E-state index is -4.98. The Hall–Kier alpha value is -1.15. The number of hydrogen-bond acceptors (Lipinski definition) is 5. The monoisotopic (exact) mass is 312 g/mol. The number of carboxylic acid groups (broad SMARTS) is 1. The van der Waals surface area contributed by atoms with E-state index in [2.05, 4.69) is 4.74 Å². The first-order valence-electron chi connectivity index (χ1n) is 7.36. The van der Waals surface area contributed by atoms with Crippen molar-refractivity contribution in [3.8, 4) is 0 Å². The summed E-state index contributed by atoms with van der Waals surface area (Å²) < 4.78 is 50.7. The van der Waals surface area contributed by atoms with Crippen molar-refractivity contribution in [1.82, 2.24) is 0 Å². The zero-order valence-corrected chi connectivity index (χ0v) is 12.4. The lowest BCUT2D eigenvalue weighted by molar-refractivity contribution is -0.148. The van der Waals surface area contributed by atoms with E-state index in [0.717, 1.165) is 12.8 Å². The molecule has 2 N–H and O–H groups in total. The van der Waals surface area contributed by atoms with E-state index in [1.54, 1.807) is 6.92 Å². The van der Waals surface area contributed by atoms with Gasteiger partial charge in [0, 0.05) is 0 Å². The summed E-state index contributed by atoms with van der Waals surface area (Å²) in [6.45, 7) is 1.32. The van der Waals surface area contributed by atoms with Crippen LogP contribution in [0.3, 0.4) is 0 Å². The van der Waals surface area contributed by atoms with Gasteiger partial charge in [0.25, 0.3) is 10.1 Å². The van der Waals surface area contributed by atoms with E-state index < -0.39 is 46.2 Å². The lowest BCUT2D eigenvalue weighted by Gasteiger charge is -2.15.